The summed E-state index contributed by atoms with van der Waals surface area (Å²) in [6.07, 6.45) is -1.98. The standard InChI is InChI=1S/C14H18N2O5/c1-20-12-8-16(14(18)19)7-11(12)15-13(17)21-9-10-5-3-2-4-6-10/h2-6,11-12H,7-9H2,1H3,(H,15,17)(H,18,19)/t11-,12-/m1/s1. The highest BCUT2D eigenvalue weighted by molar-refractivity contribution is 5.69. The maximum atomic E-state index is 11.8. The van der Waals surface area contributed by atoms with Crippen molar-refractivity contribution in [2.45, 2.75) is 18.8 Å². The van der Waals surface area contributed by atoms with E-state index < -0.39 is 18.2 Å². The average Bonchev–Trinajstić information content (AvgIpc) is 2.89. The molecule has 1 aliphatic rings. The van der Waals surface area contributed by atoms with Gasteiger partial charge in [-0.25, -0.2) is 9.59 Å². The topological polar surface area (TPSA) is 88.1 Å². The van der Waals surface area contributed by atoms with Crippen molar-refractivity contribution in [1.29, 1.82) is 0 Å². The van der Waals surface area contributed by atoms with Gasteiger partial charge in [0.15, 0.2) is 0 Å². The number of carbonyl (C=O) groups excluding carboxylic acids is 1. The third-order valence-electron chi connectivity index (χ3n) is 3.36. The summed E-state index contributed by atoms with van der Waals surface area (Å²) in [4.78, 5) is 23.9. The van der Waals surface area contributed by atoms with Gasteiger partial charge in [-0.1, -0.05) is 30.3 Å². The zero-order valence-corrected chi connectivity index (χ0v) is 11.7. The fraction of sp³-hybridized carbons (Fsp3) is 0.429. The molecule has 0 unspecified atom stereocenters. The minimum Gasteiger partial charge on any atom is -0.465 e. The Morgan fingerprint density at radius 3 is 2.67 bits per heavy atom. The fourth-order valence-corrected chi connectivity index (χ4v) is 2.22. The molecule has 0 aliphatic carbocycles. The van der Waals surface area contributed by atoms with E-state index in [2.05, 4.69) is 5.32 Å². The second-order valence-corrected chi connectivity index (χ2v) is 4.77. The molecule has 0 saturated carbocycles. The molecule has 2 amide bonds. The Morgan fingerprint density at radius 1 is 1.33 bits per heavy atom. The quantitative estimate of drug-likeness (QED) is 0.873. The maximum absolute atomic E-state index is 11.8. The smallest absolute Gasteiger partial charge is 0.407 e. The van der Waals surface area contributed by atoms with Crippen molar-refractivity contribution < 1.29 is 24.2 Å². The molecule has 1 fully saturated rings. The highest BCUT2D eigenvalue weighted by atomic mass is 16.5. The number of nitrogens with zero attached hydrogens (tertiary/aromatic N) is 1. The zero-order chi connectivity index (χ0) is 15.2. The number of carboxylic acid groups (broad SMARTS) is 1. The van der Waals surface area contributed by atoms with E-state index in [4.69, 9.17) is 14.6 Å². The van der Waals surface area contributed by atoms with Crippen LogP contribution in [0.3, 0.4) is 0 Å². The summed E-state index contributed by atoms with van der Waals surface area (Å²) in [6.45, 7) is 0.587. The molecule has 0 aromatic heterocycles. The zero-order valence-electron chi connectivity index (χ0n) is 11.7. The van der Waals surface area contributed by atoms with Crippen molar-refractivity contribution in [3.8, 4) is 0 Å². The van der Waals surface area contributed by atoms with Gasteiger partial charge in [0.1, 0.15) is 6.61 Å². The molecule has 1 heterocycles. The van der Waals surface area contributed by atoms with Crippen LogP contribution in [0.15, 0.2) is 30.3 Å². The molecule has 0 radical (unpaired) electrons. The molecule has 7 nitrogen and oxygen atoms in total. The van der Waals surface area contributed by atoms with Crippen molar-refractivity contribution in [3.05, 3.63) is 35.9 Å². The Balaban J connectivity index is 1.83. The van der Waals surface area contributed by atoms with Crippen molar-refractivity contribution >= 4 is 12.2 Å². The van der Waals surface area contributed by atoms with E-state index in [1.807, 2.05) is 30.3 Å². The number of carbonyl (C=O) groups is 2. The number of rotatable bonds is 4. The van der Waals surface area contributed by atoms with Gasteiger partial charge in [-0.15, -0.1) is 0 Å². The molecule has 7 heteroatoms. The normalized spacial score (nSPS) is 21.1. The lowest BCUT2D eigenvalue weighted by Crippen LogP contribution is -2.43. The van der Waals surface area contributed by atoms with Crippen LogP contribution in [0.25, 0.3) is 0 Å². The van der Waals surface area contributed by atoms with Crippen LogP contribution in [0, 0.1) is 0 Å². The second-order valence-electron chi connectivity index (χ2n) is 4.77. The first-order valence-corrected chi connectivity index (χ1v) is 6.58. The number of hydrogen-bond acceptors (Lipinski definition) is 4. The van der Waals surface area contributed by atoms with Gasteiger partial charge in [-0.05, 0) is 5.56 Å². The molecule has 21 heavy (non-hydrogen) atoms. The maximum Gasteiger partial charge on any atom is 0.407 e. The molecule has 1 aliphatic heterocycles. The van der Waals surface area contributed by atoms with Crippen LogP contribution in [-0.2, 0) is 16.1 Å². The number of ether oxygens (including phenoxy) is 2. The molecular weight excluding hydrogens is 276 g/mol. The van der Waals surface area contributed by atoms with Crippen molar-refractivity contribution in [3.63, 3.8) is 0 Å². The van der Waals surface area contributed by atoms with Crippen LogP contribution < -0.4 is 5.32 Å². The van der Waals surface area contributed by atoms with Gasteiger partial charge in [0, 0.05) is 13.7 Å². The van der Waals surface area contributed by atoms with Crippen LogP contribution in [0.4, 0.5) is 9.59 Å². The van der Waals surface area contributed by atoms with Crippen LogP contribution >= 0.6 is 0 Å². The summed E-state index contributed by atoms with van der Waals surface area (Å²) >= 11 is 0. The third-order valence-corrected chi connectivity index (χ3v) is 3.36. The molecule has 2 rings (SSSR count). The monoisotopic (exact) mass is 294 g/mol. The highest BCUT2D eigenvalue weighted by Gasteiger charge is 2.36. The first-order chi connectivity index (χ1) is 10.1. The lowest BCUT2D eigenvalue weighted by molar-refractivity contribution is 0.0815. The Bertz CT molecular complexity index is 493. The Labute approximate surface area is 122 Å². The Kier molecular flexibility index (Phi) is 4.99. The summed E-state index contributed by atoms with van der Waals surface area (Å²) in [5, 5.41) is 11.6. The number of alkyl carbamates (subject to hydrolysis) is 1. The molecule has 2 atom stereocenters. The largest absolute Gasteiger partial charge is 0.465 e. The van der Waals surface area contributed by atoms with E-state index in [9.17, 15) is 9.59 Å². The van der Waals surface area contributed by atoms with Crippen molar-refractivity contribution in [2.24, 2.45) is 0 Å². The number of methoxy groups -OCH3 is 1. The number of benzene rings is 1. The summed E-state index contributed by atoms with van der Waals surface area (Å²) < 4.78 is 10.3. The number of nitrogens with one attached hydrogen (secondary N) is 1. The molecule has 114 valence electrons. The molecule has 1 aromatic rings. The van der Waals surface area contributed by atoms with Gasteiger partial charge in [0.05, 0.1) is 18.7 Å². The molecule has 0 bridgehead atoms. The third kappa shape index (κ3) is 4.09. The van der Waals surface area contributed by atoms with Gasteiger partial charge in [-0.2, -0.15) is 0 Å². The SMILES string of the molecule is CO[C@@H]1CN(C(=O)O)C[C@H]1NC(=O)OCc1ccccc1. The van der Waals surface area contributed by atoms with Crippen molar-refractivity contribution in [1.82, 2.24) is 10.2 Å². The number of hydrogen-bond donors (Lipinski definition) is 2. The molecule has 1 aromatic carbocycles. The van der Waals surface area contributed by atoms with Gasteiger partial charge < -0.3 is 24.8 Å². The highest BCUT2D eigenvalue weighted by Crippen LogP contribution is 2.13. The lowest BCUT2D eigenvalue weighted by atomic mass is 10.2. The van der Waals surface area contributed by atoms with Crippen LogP contribution in [0.2, 0.25) is 0 Å². The first-order valence-electron chi connectivity index (χ1n) is 6.58. The van der Waals surface area contributed by atoms with Gasteiger partial charge in [-0.3, -0.25) is 0 Å². The fourth-order valence-electron chi connectivity index (χ4n) is 2.22. The van der Waals surface area contributed by atoms with E-state index in [1.165, 1.54) is 12.0 Å². The second kappa shape index (κ2) is 6.94. The van der Waals surface area contributed by atoms with E-state index >= 15 is 0 Å². The van der Waals surface area contributed by atoms with Crippen LogP contribution in [0.1, 0.15) is 5.56 Å². The predicted molar refractivity (Wildman–Crippen MR) is 73.9 cm³/mol. The number of amides is 2. The van der Waals surface area contributed by atoms with Crippen LogP contribution in [0.5, 0.6) is 0 Å². The van der Waals surface area contributed by atoms with Gasteiger partial charge in [0.2, 0.25) is 0 Å². The van der Waals surface area contributed by atoms with E-state index in [0.29, 0.717) is 0 Å². The molecule has 2 N–H and O–H groups in total. The summed E-state index contributed by atoms with van der Waals surface area (Å²) in [7, 11) is 1.49. The predicted octanol–water partition coefficient (Wildman–Crippen LogP) is 1.29. The summed E-state index contributed by atoms with van der Waals surface area (Å²) in [5.74, 6) is 0. The molecule has 0 spiro atoms. The van der Waals surface area contributed by atoms with Gasteiger partial charge in [0.25, 0.3) is 0 Å². The molecular formula is C14H18N2O5. The van der Waals surface area contributed by atoms with E-state index in [1.54, 1.807) is 0 Å². The van der Waals surface area contributed by atoms with E-state index in [0.717, 1.165) is 5.56 Å². The summed E-state index contributed by atoms with van der Waals surface area (Å²) in [6, 6.07) is 8.90. The minimum absolute atomic E-state index is 0.166. The van der Waals surface area contributed by atoms with Crippen LogP contribution in [-0.4, -0.2) is 54.5 Å². The van der Waals surface area contributed by atoms with Gasteiger partial charge >= 0.3 is 12.2 Å². The first kappa shape index (κ1) is 15.1. The van der Waals surface area contributed by atoms with Crippen molar-refractivity contribution in [2.75, 3.05) is 20.2 Å². The number of likely N-dealkylation sites (tertiary alicyclic amines) is 1. The lowest BCUT2D eigenvalue weighted by Gasteiger charge is -2.17. The Hall–Kier alpha value is -2.28. The summed E-state index contributed by atoms with van der Waals surface area (Å²) in [5.41, 5.74) is 0.884. The molecule has 1 saturated heterocycles. The van der Waals surface area contributed by atoms with E-state index in [-0.39, 0.29) is 25.8 Å². The Morgan fingerprint density at radius 2 is 2.05 bits per heavy atom. The average molecular weight is 294 g/mol. The minimum atomic E-state index is -1.03.